The monoisotopic (exact) mass is 330 g/mol. The van der Waals surface area contributed by atoms with E-state index >= 15 is 0 Å². The third-order valence-electron chi connectivity index (χ3n) is 4.59. The molecule has 0 aromatic carbocycles. The molecule has 21 heavy (non-hydrogen) atoms. The van der Waals surface area contributed by atoms with Crippen LogP contribution in [0.2, 0.25) is 0 Å². The summed E-state index contributed by atoms with van der Waals surface area (Å²) >= 11 is 4.34. The molecule has 0 bridgehead atoms. The minimum Gasteiger partial charge on any atom is -0.279 e. The van der Waals surface area contributed by atoms with Gasteiger partial charge in [-0.15, -0.1) is 11.8 Å². The topological polar surface area (TPSA) is 6.48 Å². The SMILES string of the molecule is CCCSC(N1CCCCC1)N1CCCC(CSCC)C1. The molecule has 2 unspecified atom stereocenters. The molecule has 2 heterocycles. The molecule has 2 aliphatic heterocycles. The van der Waals surface area contributed by atoms with Crippen LogP contribution in [-0.4, -0.2) is 58.7 Å². The van der Waals surface area contributed by atoms with E-state index in [-0.39, 0.29) is 0 Å². The largest absolute Gasteiger partial charge is 0.279 e. The van der Waals surface area contributed by atoms with Crippen LogP contribution in [0.3, 0.4) is 0 Å². The van der Waals surface area contributed by atoms with Gasteiger partial charge in [0, 0.05) is 26.2 Å². The predicted octanol–water partition coefficient (Wildman–Crippen LogP) is 4.36. The molecular weight excluding hydrogens is 296 g/mol. The van der Waals surface area contributed by atoms with Crippen molar-refractivity contribution in [1.82, 2.24) is 9.80 Å². The van der Waals surface area contributed by atoms with Crippen LogP contribution in [0.15, 0.2) is 0 Å². The molecule has 0 N–H and O–H groups in total. The Morgan fingerprint density at radius 3 is 2.48 bits per heavy atom. The van der Waals surface area contributed by atoms with Gasteiger partial charge in [-0.05, 0) is 55.3 Å². The van der Waals surface area contributed by atoms with Crippen molar-refractivity contribution in [2.45, 2.75) is 57.9 Å². The molecule has 0 spiro atoms. The van der Waals surface area contributed by atoms with E-state index in [1.54, 1.807) is 0 Å². The lowest BCUT2D eigenvalue weighted by Crippen LogP contribution is -2.52. The Balaban J connectivity index is 1.90. The second kappa shape index (κ2) is 10.4. The van der Waals surface area contributed by atoms with Crippen molar-refractivity contribution >= 4 is 23.5 Å². The van der Waals surface area contributed by atoms with E-state index in [2.05, 4.69) is 47.2 Å². The summed E-state index contributed by atoms with van der Waals surface area (Å²) in [5, 5.41) is 0. The molecule has 2 fully saturated rings. The molecule has 0 saturated carbocycles. The molecule has 0 amide bonds. The van der Waals surface area contributed by atoms with Crippen molar-refractivity contribution in [3.63, 3.8) is 0 Å². The van der Waals surface area contributed by atoms with Gasteiger partial charge in [0.05, 0.1) is 0 Å². The second-order valence-corrected chi connectivity index (χ2v) is 8.94. The van der Waals surface area contributed by atoms with Crippen LogP contribution in [0, 0.1) is 5.92 Å². The highest BCUT2D eigenvalue weighted by atomic mass is 32.2. The molecule has 2 aliphatic rings. The van der Waals surface area contributed by atoms with Gasteiger partial charge in [-0.3, -0.25) is 9.80 Å². The molecule has 2 nitrogen and oxygen atoms in total. The normalized spacial score (nSPS) is 26.9. The van der Waals surface area contributed by atoms with Crippen molar-refractivity contribution in [3.05, 3.63) is 0 Å². The van der Waals surface area contributed by atoms with E-state index in [4.69, 9.17) is 0 Å². The molecule has 2 rings (SSSR count). The van der Waals surface area contributed by atoms with Crippen LogP contribution >= 0.6 is 23.5 Å². The summed E-state index contributed by atoms with van der Waals surface area (Å²) < 4.78 is 0. The maximum atomic E-state index is 2.82. The highest BCUT2D eigenvalue weighted by Gasteiger charge is 2.30. The zero-order chi connectivity index (χ0) is 14.9. The summed E-state index contributed by atoms with van der Waals surface area (Å²) in [5.74, 6) is 4.89. The summed E-state index contributed by atoms with van der Waals surface area (Å²) in [6.07, 6.45) is 8.42. The second-order valence-electron chi connectivity index (χ2n) is 6.46. The molecule has 0 radical (unpaired) electrons. The van der Waals surface area contributed by atoms with Gasteiger partial charge in [0.25, 0.3) is 0 Å². The van der Waals surface area contributed by atoms with Gasteiger partial charge in [-0.2, -0.15) is 11.8 Å². The van der Waals surface area contributed by atoms with Gasteiger partial charge >= 0.3 is 0 Å². The van der Waals surface area contributed by atoms with E-state index < -0.39 is 0 Å². The lowest BCUT2D eigenvalue weighted by Gasteiger charge is -2.44. The highest BCUT2D eigenvalue weighted by Crippen LogP contribution is 2.29. The molecule has 0 aromatic rings. The summed E-state index contributed by atoms with van der Waals surface area (Å²) in [7, 11) is 0. The first kappa shape index (κ1) is 18.0. The lowest BCUT2D eigenvalue weighted by atomic mass is 10.0. The number of likely N-dealkylation sites (tertiary alicyclic amines) is 2. The summed E-state index contributed by atoms with van der Waals surface area (Å²) in [5.41, 5.74) is 0.666. The first-order valence-electron chi connectivity index (χ1n) is 9.02. The van der Waals surface area contributed by atoms with Gasteiger partial charge in [-0.1, -0.05) is 20.3 Å². The number of hydrogen-bond donors (Lipinski definition) is 0. The maximum Gasteiger partial charge on any atom is 0.111 e. The molecule has 2 atom stereocenters. The van der Waals surface area contributed by atoms with Crippen LogP contribution in [-0.2, 0) is 0 Å². The Kier molecular flexibility index (Phi) is 8.90. The number of piperidine rings is 2. The Morgan fingerprint density at radius 1 is 1.00 bits per heavy atom. The fourth-order valence-corrected chi connectivity index (χ4v) is 5.63. The smallest absolute Gasteiger partial charge is 0.111 e. The molecule has 0 aliphatic carbocycles. The van der Waals surface area contributed by atoms with E-state index in [0.29, 0.717) is 5.50 Å². The molecule has 4 heteroatoms. The predicted molar refractivity (Wildman–Crippen MR) is 99.3 cm³/mol. The first-order valence-corrected chi connectivity index (χ1v) is 11.2. The van der Waals surface area contributed by atoms with Gasteiger partial charge in [0.2, 0.25) is 0 Å². The van der Waals surface area contributed by atoms with Gasteiger partial charge in [0.15, 0.2) is 0 Å². The molecule has 2 saturated heterocycles. The summed E-state index contributed by atoms with van der Waals surface area (Å²) in [6, 6.07) is 0. The van der Waals surface area contributed by atoms with Crippen molar-refractivity contribution in [2.24, 2.45) is 5.92 Å². The van der Waals surface area contributed by atoms with Crippen molar-refractivity contribution < 1.29 is 0 Å². The van der Waals surface area contributed by atoms with Gasteiger partial charge < -0.3 is 0 Å². The van der Waals surface area contributed by atoms with E-state index in [0.717, 1.165) is 5.92 Å². The zero-order valence-corrected chi connectivity index (χ0v) is 15.7. The van der Waals surface area contributed by atoms with Gasteiger partial charge in [-0.25, -0.2) is 0 Å². The van der Waals surface area contributed by atoms with Crippen LogP contribution in [0.4, 0.5) is 0 Å². The average molecular weight is 331 g/mol. The third kappa shape index (κ3) is 5.96. The van der Waals surface area contributed by atoms with E-state index in [1.807, 2.05) is 0 Å². The number of thioether (sulfide) groups is 2. The molecule has 0 aromatic heterocycles. The Bertz CT molecular complexity index is 270. The van der Waals surface area contributed by atoms with Crippen LogP contribution in [0.25, 0.3) is 0 Å². The summed E-state index contributed by atoms with van der Waals surface area (Å²) in [6.45, 7) is 9.92. The zero-order valence-electron chi connectivity index (χ0n) is 14.1. The van der Waals surface area contributed by atoms with Crippen molar-refractivity contribution in [2.75, 3.05) is 43.4 Å². The van der Waals surface area contributed by atoms with Crippen LogP contribution < -0.4 is 0 Å². The number of rotatable bonds is 8. The third-order valence-corrected chi connectivity index (χ3v) is 7.25. The van der Waals surface area contributed by atoms with Crippen LogP contribution in [0.1, 0.15) is 52.4 Å². The molecular formula is C17H34N2S2. The number of nitrogens with zero attached hydrogens (tertiary/aromatic N) is 2. The minimum atomic E-state index is 0.666. The Morgan fingerprint density at radius 2 is 1.76 bits per heavy atom. The minimum absolute atomic E-state index is 0.666. The Labute approximate surface area is 140 Å². The highest BCUT2D eigenvalue weighted by molar-refractivity contribution is 7.99. The number of hydrogen-bond acceptors (Lipinski definition) is 4. The standard InChI is InChI=1S/C17H34N2S2/c1-3-13-21-17(18-10-6-5-7-11-18)19-12-8-9-16(14-19)15-20-4-2/h16-17H,3-15H2,1-2H3. The van der Waals surface area contributed by atoms with Crippen molar-refractivity contribution in [1.29, 1.82) is 0 Å². The first-order chi connectivity index (χ1) is 10.3. The fourth-order valence-electron chi connectivity index (χ4n) is 3.52. The summed E-state index contributed by atoms with van der Waals surface area (Å²) in [4.78, 5) is 5.59. The lowest BCUT2D eigenvalue weighted by molar-refractivity contribution is 0.0593. The Hall–Kier alpha value is 0.620. The fraction of sp³-hybridized carbons (Fsp3) is 1.00. The van der Waals surface area contributed by atoms with Gasteiger partial charge in [0.1, 0.15) is 5.50 Å². The van der Waals surface area contributed by atoms with Crippen LogP contribution in [0.5, 0.6) is 0 Å². The van der Waals surface area contributed by atoms with Crippen molar-refractivity contribution in [3.8, 4) is 0 Å². The molecule has 124 valence electrons. The average Bonchev–Trinajstić information content (AvgIpc) is 2.55. The van der Waals surface area contributed by atoms with E-state index in [9.17, 15) is 0 Å². The quantitative estimate of drug-likeness (QED) is 0.652. The van der Waals surface area contributed by atoms with E-state index in [1.165, 1.54) is 82.0 Å². The maximum absolute atomic E-state index is 2.82.